The van der Waals surface area contributed by atoms with E-state index in [4.69, 9.17) is 4.74 Å². The Hall–Kier alpha value is -1.58. The van der Waals surface area contributed by atoms with E-state index < -0.39 is 0 Å². The topological polar surface area (TPSA) is 50.8 Å². The molecule has 2 heterocycles. The van der Waals surface area contributed by atoms with Gasteiger partial charge in [-0.3, -0.25) is 0 Å². The van der Waals surface area contributed by atoms with Gasteiger partial charge >= 0.3 is 0 Å². The molecule has 0 aliphatic carbocycles. The summed E-state index contributed by atoms with van der Waals surface area (Å²) in [6.45, 7) is 1.99. The molecule has 4 nitrogen and oxygen atoms in total. The Labute approximate surface area is 69.6 Å². The van der Waals surface area contributed by atoms with Crippen LogP contribution in [-0.2, 0) is 0 Å². The zero-order valence-corrected chi connectivity index (χ0v) is 6.96. The van der Waals surface area contributed by atoms with Crippen molar-refractivity contribution in [3.63, 3.8) is 0 Å². The molecule has 62 valence electrons. The molecule has 12 heavy (non-hydrogen) atoms. The minimum atomic E-state index is 0.591. The molecule has 0 saturated carbocycles. The molecular weight excluding hydrogens is 154 g/mol. The molecule has 0 atom stereocenters. The second-order valence-electron chi connectivity index (χ2n) is 2.58. The van der Waals surface area contributed by atoms with Crippen molar-refractivity contribution in [2.45, 2.75) is 6.92 Å². The molecule has 0 aliphatic rings. The van der Waals surface area contributed by atoms with Crippen LogP contribution in [0.1, 0.15) is 5.56 Å². The average Bonchev–Trinajstić information content (AvgIpc) is 2.48. The number of hydrogen-bond acceptors (Lipinski definition) is 3. The van der Waals surface area contributed by atoms with E-state index in [1.165, 1.54) is 6.33 Å². The van der Waals surface area contributed by atoms with E-state index in [1.807, 2.05) is 13.1 Å². The monoisotopic (exact) mass is 163 g/mol. The van der Waals surface area contributed by atoms with Crippen LogP contribution in [0.25, 0.3) is 11.0 Å². The first-order valence-corrected chi connectivity index (χ1v) is 3.65. The number of nitrogens with zero attached hydrogens (tertiary/aromatic N) is 2. The van der Waals surface area contributed by atoms with Crippen LogP contribution >= 0.6 is 0 Å². The number of nitrogens with one attached hydrogen (secondary N) is 1. The summed E-state index contributed by atoms with van der Waals surface area (Å²) in [5.41, 5.74) is 2.88. The van der Waals surface area contributed by atoms with Crippen molar-refractivity contribution in [3.05, 3.63) is 18.1 Å². The summed E-state index contributed by atoms with van der Waals surface area (Å²) in [5.74, 6) is 0.591. The van der Waals surface area contributed by atoms with Crippen molar-refractivity contribution in [1.82, 2.24) is 15.0 Å². The first kappa shape index (κ1) is 7.09. The summed E-state index contributed by atoms with van der Waals surface area (Å²) in [4.78, 5) is 11.2. The Morgan fingerprint density at radius 3 is 3.00 bits per heavy atom. The highest BCUT2D eigenvalue weighted by molar-refractivity contribution is 5.82. The lowest BCUT2D eigenvalue weighted by molar-refractivity contribution is 0.402. The molecule has 1 N–H and O–H groups in total. The molecule has 0 aromatic carbocycles. The molecule has 2 aromatic heterocycles. The molecule has 0 radical (unpaired) electrons. The number of aromatic amines is 1. The maximum Gasteiger partial charge on any atom is 0.241 e. The molecule has 0 unspecified atom stereocenters. The average molecular weight is 163 g/mol. The van der Waals surface area contributed by atoms with Crippen LogP contribution in [0.2, 0.25) is 0 Å². The van der Waals surface area contributed by atoms with Crippen LogP contribution < -0.4 is 4.74 Å². The van der Waals surface area contributed by atoms with Crippen molar-refractivity contribution < 1.29 is 4.74 Å². The second-order valence-corrected chi connectivity index (χ2v) is 2.58. The van der Waals surface area contributed by atoms with Crippen LogP contribution in [0.5, 0.6) is 5.88 Å². The van der Waals surface area contributed by atoms with Crippen molar-refractivity contribution in [2.75, 3.05) is 7.11 Å². The predicted octanol–water partition coefficient (Wildman–Crippen LogP) is 1.27. The smallest absolute Gasteiger partial charge is 0.241 e. The van der Waals surface area contributed by atoms with Crippen molar-refractivity contribution in [1.29, 1.82) is 0 Å². The number of ether oxygens (including phenoxy) is 1. The molecule has 2 aromatic rings. The molecular formula is C8H9N3O. The second kappa shape index (κ2) is 2.48. The largest absolute Gasteiger partial charge is 0.479 e. The molecule has 0 amide bonds. The highest BCUT2D eigenvalue weighted by atomic mass is 16.5. The van der Waals surface area contributed by atoms with E-state index in [2.05, 4.69) is 15.0 Å². The molecule has 0 bridgehead atoms. The third-order valence-electron chi connectivity index (χ3n) is 1.81. The fraction of sp³-hybridized carbons (Fsp3) is 0.250. The third-order valence-corrected chi connectivity index (χ3v) is 1.81. The number of methoxy groups -OCH3 is 1. The molecule has 0 spiro atoms. The molecule has 0 aliphatic heterocycles. The molecule has 0 fully saturated rings. The number of aryl methyl sites for hydroxylation is 1. The normalized spacial score (nSPS) is 10.5. The Morgan fingerprint density at radius 1 is 1.42 bits per heavy atom. The van der Waals surface area contributed by atoms with Gasteiger partial charge in [0.15, 0.2) is 0 Å². The summed E-state index contributed by atoms with van der Waals surface area (Å²) in [6.07, 6.45) is 3.39. The maximum absolute atomic E-state index is 5.06. The third kappa shape index (κ3) is 0.845. The minimum absolute atomic E-state index is 0.591. The summed E-state index contributed by atoms with van der Waals surface area (Å²) >= 11 is 0. The van der Waals surface area contributed by atoms with E-state index in [1.54, 1.807) is 7.11 Å². The highest BCUT2D eigenvalue weighted by Gasteiger charge is 2.06. The van der Waals surface area contributed by atoms with Crippen LogP contribution in [0.4, 0.5) is 0 Å². The zero-order chi connectivity index (χ0) is 8.55. The SMILES string of the molecule is COc1ncnc2c(C)c[nH]c12. The van der Waals surface area contributed by atoms with Crippen LogP contribution in [0.15, 0.2) is 12.5 Å². The van der Waals surface area contributed by atoms with Gasteiger partial charge in [-0.1, -0.05) is 0 Å². The molecule has 2 rings (SSSR count). The molecule has 4 heteroatoms. The lowest BCUT2D eigenvalue weighted by Gasteiger charge is -1.97. The van der Waals surface area contributed by atoms with E-state index in [-0.39, 0.29) is 0 Å². The zero-order valence-electron chi connectivity index (χ0n) is 6.96. The number of aromatic nitrogens is 3. The summed E-state index contributed by atoms with van der Waals surface area (Å²) < 4.78 is 5.06. The lowest BCUT2D eigenvalue weighted by atomic mass is 10.3. The Morgan fingerprint density at radius 2 is 2.25 bits per heavy atom. The first-order valence-electron chi connectivity index (χ1n) is 3.65. The number of fused-ring (bicyclic) bond motifs is 1. The van der Waals surface area contributed by atoms with Gasteiger partial charge in [-0.15, -0.1) is 0 Å². The first-order chi connectivity index (χ1) is 5.83. The number of rotatable bonds is 1. The van der Waals surface area contributed by atoms with Crippen molar-refractivity contribution in [2.24, 2.45) is 0 Å². The fourth-order valence-electron chi connectivity index (χ4n) is 1.20. The van der Waals surface area contributed by atoms with Gasteiger partial charge in [-0.25, -0.2) is 4.98 Å². The number of H-pyrrole nitrogens is 1. The van der Waals surface area contributed by atoms with Crippen molar-refractivity contribution in [3.8, 4) is 5.88 Å². The maximum atomic E-state index is 5.06. The highest BCUT2D eigenvalue weighted by Crippen LogP contribution is 2.21. The minimum Gasteiger partial charge on any atom is -0.479 e. The van der Waals surface area contributed by atoms with Crippen LogP contribution in [-0.4, -0.2) is 22.1 Å². The lowest BCUT2D eigenvalue weighted by Crippen LogP contribution is -1.89. The summed E-state index contributed by atoms with van der Waals surface area (Å²) in [5, 5.41) is 0. The van der Waals surface area contributed by atoms with E-state index >= 15 is 0 Å². The predicted molar refractivity (Wildman–Crippen MR) is 45.2 cm³/mol. The molecule has 0 saturated heterocycles. The van der Waals surface area contributed by atoms with Gasteiger partial charge in [0, 0.05) is 6.20 Å². The van der Waals surface area contributed by atoms with Crippen LogP contribution in [0.3, 0.4) is 0 Å². The van der Waals surface area contributed by atoms with Gasteiger partial charge in [-0.2, -0.15) is 4.98 Å². The van der Waals surface area contributed by atoms with Gasteiger partial charge in [-0.05, 0) is 12.5 Å². The fourth-order valence-corrected chi connectivity index (χ4v) is 1.20. The van der Waals surface area contributed by atoms with Crippen molar-refractivity contribution >= 4 is 11.0 Å². The van der Waals surface area contributed by atoms with E-state index in [9.17, 15) is 0 Å². The summed E-state index contributed by atoms with van der Waals surface area (Å²) in [7, 11) is 1.60. The van der Waals surface area contributed by atoms with Gasteiger partial charge in [0.1, 0.15) is 11.8 Å². The number of hydrogen-bond donors (Lipinski definition) is 1. The Bertz CT molecular complexity index is 408. The van der Waals surface area contributed by atoms with Gasteiger partial charge in [0.05, 0.1) is 12.6 Å². The standard InChI is InChI=1S/C8H9N3O/c1-5-3-9-7-6(5)10-4-11-8(7)12-2/h3-4,9H,1-2H3. The van der Waals surface area contributed by atoms with Crippen LogP contribution in [0, 0.1) is 6.92 Å². The Kier molecular flexibility index (Phi) is 1.46. The van der Waals surface area contributed by atoms with E-state index in [0.717, 1.165) is 16.6 Å². The Balaban J connectivity index is 2.81. The van der Waals surface area contributed by atoms with Gasteiger partial charge in [0.25, 0.3) is 0 Å². The summed E-state index contributed by atoms with van der Waals surface area (Å²) in [6, 6.07) is 0. The van der Waals surface area contributed by atoms with Gasteiger partial charge < -0.3 is 9.72 Å². The van der Waals surface area contributed by atoms with Gasteiger partial charge in [0.2, 0.25) is 5.88 Å². The van der Waals surface area contributed by atoms with E-state index in [0.29, 0.717) is 5.88 Å². The quantitative estimate of drug-likeness (QED) is 0.688.